The van der Waals surface area contributed by atoms with Crippen molar-refractivity contribution in [3.8, 4) is 5.75 Å². The smallest absolute Gasteiger partial charge is 0.251 e. The van der Waals surface area contributed by atoms with Crippen LogP contribution in [0.5, 0.6) is 5.75 Å². The van der Waals surface area contributed by atoms with Crippen molar-refractivity contribution in [2.24, 2.45) is 0 Å². The summed E-state index contributed by atoms with van der Waals surface area (Å²) in [7, 11) is -3.72. The number of amides is 1. The molecule has 1 saturated carbocycles. The van der Waals surface area contributed by atoms with Gasteiger partial charge >= 0.3 is 0 Å². The molecule has 0 unspecified atom stereocenters. The number of ether oxygens (including phenoxy) is 1. The predicted molar refractivity (Wildman–Crippen MR) is 102 cm³/mol. The molecule has 7 heteroatoms. The quantitative estimate of drug-likeness (QED) is 0.758. The van der Waals surface area contributed by atoms with Gasteiger partial charge in [0.1, 0.15) is 10.6 Å². The van der Waals surface area contributed by atoms with Crippen molar-refractivity contribution in [2.45, 2.75) is 69.7 Å². The second kappa shape index (κ2) is 9.92. The zero-order chi connectivity index (χ0) is 19.0. The highest BCUT2D eigenvalue weighted by Crippen LogP contribution is 2.25. The van der Waals surface area contributed by atoms with E-state index in [0.29, 0.717) is 12.2 Å². The van der Waals surface area contributed by atoms with Gasteiger partial charge < -0.3 is 10.1 Å². The lowest BCUT2D eigenvalue weighted by molar-refractivity contribution is 0.0930. The highest BCUT2D eigenvalue weighted by atomic mass is 32.2. The van der Waals surface area contributed by atoms with Crippen molar-refractivity contribution >= 4 is 15.9 Å². The van der Waals surface area contributed by atoms with E-state index in [9.17, 15) is 13.2 Å². The van der Waals surface area contributed by atoms with Crippen LogP contribution in [0.25, 0.3) is 0 Å². The van der Waals surface area contributed by atoms with E-state index < -0.39 is 10.0 Å². The first-order valence-corrected chi connectivity index (χ1v) is 11.0. The van der Waals surface area contributed by atoms with Crippen molar-refractivity contribution in [1.29, 1.82) is 0 Å². The first kappa shape index (κ1) is 20.7. The summed E-state index contributed by atoms with van der Waals surface area (Å²) < 4.78 is 32.8. The number of sulfonamides is 1. The van der Waals surface area contributed by atoms with Crippen molar-refractivity contribution in [3.05, 3.63) is 23.8 Å². The van der Waals surface area contributed by atoms with Crippen molar-refractivity contribution in [2.75, 3.05) is 13.2 Å². The Morgan fingerprint density at radius 3 is 2.38 bits per heavy atom. The zero-order valence-corrected chi connectivity index (χ0v) is 16.5. The van der Waals surface area contributed by atoms with E-state index in [0.717, 1.165) is 25.7 Å². The number of nitrogens with one attached hydrogen (secondary N) is 2. The molecule has 2 rings (SSSR count). The summed E-state index contributed by atoms with van der Waals surface area (Å²) in [4.78, 5) is 12.7. The Morgan fingerprint density at radius 2 is 1.77 bits per heavy atom. The van der Waals surface area contributed by atoms with Gasteiger partial charge in [-0.3, -0.25) is 4.79 Å². The molecule has 0 spiro atoms. The van der Waals surface area contributed by atoms with E-state index in [1.54, 1.807) is 26.0 Å². The second-order valence-corrected chi connectivity index (χ2v) is 8.35. The first-order valence-electron chi connectivity index (χ1n) is 9.55. The van der Waals surface area contributed by atoms with Crippen LogP contribution in [-0.4, -0.2) is 33.5 Å². The standard InChI is InChI=1S/C19H30N2O4S/c1-3-20-26(23,24)18-14-15(12-13-17(18)25-4-2)19(22)21-16-10-8-6-5-7-9-11-16/h12-14,16,20H,3-11H2,1-2H3,(H,21,22). The third-order valence-electron chi connectivity index (χ3n) is 4.57. The topological polar surface area (TPSA) is 84.5 Å². The number of benzene rings is 1. The van der Waals surface area contributed by atoms with Gasteiger partial charge in [-0.2, -0.15) is 0 Å². The number of hydrogen-bond donors (Lipinski definition) is 2. The summed E-state index contributed by atoms with van der Waals surface area (Å²) in [6.45, 7) is 4.12. The SMILES string of the molecule is CCNS(=O)(=O)c1cc(C(=O)NC2CCCCCCC2)ccc1OCC. The molecule has 6 nitrogen and oxygen atoms in total. The highest BCUT2D eigenvalue weighted by molar-refractivity contribution is 7.89. The normalized spacial score (nSPS) is 16.5. The first-order chi connectivity index (χ1) is 12.5. The third kappa shape index (κ3) is 5.71. The Hall–Kier alpha value is -1.60. The molecular formula is C19H30N2O4S. The number of carbonyl (C=O) groups is 1. The van der Waals surface area contributed by atoms with Gasteiger partial charge in [-0.05, 0) is 38.0 Å². The Labute approximate surface area is 156 Å². The fraction of sp³-hybridized carbons (Fsp3) is 0.632. The molecule has 1 amide bonds. The van der Waals surface area contributed by atoms with Crippen LogP contribution in [0.2, 0.25) is 0 Å². The van der Waals surface area contributed by atoms with E-state index in [1.165, 1.54) is 25.3 Å². The maximum absolute atomic E-state index is 12.7. The third-order valence-corrected chi connectivity index (χ3v) is 6.14. The second-order valence-electron chi connectivity index (χ2n) is 6.61. The average Bonchev–Trinajstić information content (AvgIpc) is 2.57. The highest BCUT2D eigenvalue weighted by Gasteiger charge is 2.22. The van der Waals surface area contributed by atoms with Gasteiger partial charge in [-0.1, -0.05) is 39.0 Å². The van der Waals surface area contributed by atoms with Crippen molar-refractivity contribution in [3.63, 3.8) is 0 Å². The van der Waals surface area contributed by atoms with Gasteiger partial charge in [0.05, 0.1) is 6.61 Å². The zero-order valence-electron chi connectivity index (χ0n) is 15.7. The molecule has 146 valence electrons. The maximum Gasteiger partial charge on any atom is 0.251 e. The van der Waals surface area contributed by atoms with Crippen molar-refractivity contribution < 1.29 is 17.9 Å². The van der Waals surface area contributed by atoms with E-state index >= 15 is 0 Å². The summed E-state index contributed by atoms with van der Waals surface area (Å²) in [6.07, 6.45) is 7.88. The fourth-order valence-electron chi connectivity index (χ4n) is 3.27. The van der Waals surface area contributed by atoms with Gasteiger partial charge in [0.2, 0.25) is 10.0 Å². The van der Waals surface area contributed by atoms with Crippen molar-refractivity contribution in [1.82, 2.24) is 10.0 Å². The molecule has 0 bridgehead atoms. The Morgan fingerprint density at radius 1 is 1.12 bits per heavy atom. The summed E-state index contributed by atoms with van der Waals surface area (Å²) in [5, 5.41) is 3.07. The molecule has 1 aromatic carbocycles. The van der Waals surface area contributed by atoms with Crippen LogP contribution >= 0.6 is 0 Å². The molecule has 1 aliphatic rings. The lowest BCUT2D eigenvalue weighted by Crippen LogP contribution is -2.35. The molecule has 0 atom stereocenters. The minimum Gasteiger partial charge on any atom is -0.492 e. The molecule has 26 heavy (non-hydrogen) atoms. The van der Waals surface area contributed by atoms with E-state index in [1.807, 2.05) is 0 Å². The largest absolute Gasteiger partial charge is 0.492 e. The van der Waals surface area contributed by atoms with Gasteiger partial charge in [-0.15, -0.1) is 0 Å². The lowest BCUT2D eigenvalue weighted by atomic mass is 9.96. The molecule has 0 aliphatic heterocycles. The predicted octanol–water partition coefficient (Wildman–Crippen LogP) is 3.23. The van der Waals surface area contributed by atoms with Gasteiger partial charge in [0.25, 0.3) is 5.91 Å². The minimum atomic E-state index is -3.72. The average molecular weight is 383 g/mol. The van der Waals surface area contributed by atoms with Gasteiger partial charge in [0, 0.05) is 18.2 Å². The lowest BCUT2D eigenvalue weighted by Gasteiger charge is -2.21. The van der Waals surface area contributed by atoms with Crippen LogP contribution in [0.1, 0.15) is 69.2 Å². The maximum atomic E-state index is 12.7. The number of carbonyl (C=O) groups excluding carboxylic acids is 1. The summed E-state index contributed by atoms with van der Waals surface area (Å²) in [5.41, 5.74) is 0.340. The summed E-state index contributed by atoms with van der Waals surface area (Å²) >= 11 is 0. The summed E-state index contributed by atoms with van der Waals surface area (Å²) in [6, 6.07) is 4.74. The van der Waals surface area contributed by atoms with E-state index in [-0.39, 0.29) is 29.1 Å². The van der Waals surface area contributed by atoms with Crippen LogP contribution < -0.4 is 14.8 Å². The molecule has 0 radical (unpaired) electrons. The molecule has 0 saturated heterocycles. The molecule has 0 heterocycles. The fourth-order valence-corrected chi connectivity index (χ4v) is 4.48. The van der Waals surface area contributed by atoms with Gasteiger partial charge in [-0.25, -0.2) is 13.1 Å². The molecule has 0 aromatic heterocycles. The van der Waals surface area contributed by atoms with Crippen LogP contribution in [0, 0.1) is 0 Å². The Kier molecular flexibility index (Phi) is 7.90. The molecule has 1 aliphatic carbocycles. The molecule has 1 fully saturated rings. The molecule has 2 N–H and O–H groups in total. The summed E-state index contributed by atoms with van der Waals surface area (Å²) in [5.74, 6) is 0.0301. The minimum absolute atomic E-state index is 0.00603. The molecule has 1 aromatic rings. The van der Waals surface area contributed by atoms with Gasteiger partial charge in [0.15, 0.2) is 0 Å². The number of hydrogen-bond acceptors (Lipinski definition) is 4. The monoisotopic (exact) mass is 382 g/mol. The molecular weight excluding hydrogens is 352 g/mol. The number of rotatable bonds is 7. The van der Waals surface area contributed by atoms with Crippen LogP contribution in [0.15, 0.2) is 23.1 Å². The van der Waals surface area contributed by atoms with Crippen LogP contribution in [0.4, 0.5) is 0 Å². The van der Waals surface area contributed by atoms with Crippen LogP contribution in [-0.2, 0) is 10.0 Å². The van der Waals surface area contributed by atoms with E-state index in [4.69, 9.17) is 4.74 Å². The van der Waals surface area contributed by atoms with Crippen LogP contribution in [0.3, 0.4) is 0 Å². The Balaban J connectivity index is 2.21. The Bertz CT molecular complexity index is 695. The van der Waals surface area contributed by atoms with E-state index in [2.05, 4.69) is 10.0 Å².